The van der Waals surface area contributed by atoms with Gasteiger partial charge < -0.3 is 10.6 Å². The molecule has 160 valence electrons. The van der Waals surface area contributed by atoms with Crippen molar-refractivity contribution >= 4 is 33.2 Å². The zero-order valence-electron chi connectivity index (χ0n) is 17.1. The first-order valence-corrected chi connectivity index (χ1v) is 11.1. The van der Waals surface area contributed by atoms with Crippen LogP contribution in [0.4, 0.5) is 11.4 Å². The first kappa shape index (κ1) is 22.0. The summed E-state index contributed by atoms with van der Waals surface area (Å²) in [5, 5.41) is 5.52. The molecule has 0 saturated carbocycles. The molecule has 0 saturated heterocycles. The summed E-state index contributed by atoms with van der Waals surface area (Å²) in [6, 6.07) is 20.7. The molecule has 0 bridgehead atoms. The molecule has 0 unspecified atom stereocenters. The zero-order chi connectivity index (χ0) is 22.4. The number of sulfonamides is 1. The van der Waals surface area contributed by atoms with E-state index in [0.29, 0.717) is 22.5 Å². The van der Waals surface area contributed by atoms with Gasteiger partial charge in [0.2, 0.25) is 0 Å². The van der Waals surface area contributed by atoms with Crippen molar-refractivity contribution in [2.24, 2.45) is 0 Å². The lowest BCUT2D eigenvalue weighted by atomic mass is 10.1. The van der Waals surface area contributed by atoms with Gasteiger partial charge in [0.05, 0.1) is 4.90 Å². The number of carbonyl (C=O) groups is 2. The minimum atomic E-state index is -3.76. The lowest BCUT2D eigenvalue weighted by molar-refractivity contribution is 0.0942. The number of para-hydroxylation sites is 1. The number of nitrogens with one attached hydrogen (secondary N) is 3. The molecule has 7 nitrogen and oxygen atoms in total. The maximum absolute atomic E-state index is 12.5. The second kappa shape index (κ2) is 9.44. The van der Waals surface area contributed by atoms with Crippen LogP contribution in [0.1, 0.15) is 34.6 Å². The Morgan fingerprint density at radius 1 is 0.710 bits per heavy atom. The fourth-order valence-corrected chi connectivity index (χ4v) is 3.82. The Labute approximate surface area is 181 Å². The van der Waals surface area contributed by atoms with Crippen molar-refractivity contribution in [1.82, 2.24) is 5.32 Å². The van der Waals surface area contributed by atoms with E-state index in [-0.39, 0.29) is 22.8 Å². The molecule has 8 heteroatoms. The van der Waals surface area contributed by atoms with Gasteiger partial charge in [-0.2, -0.15) is 0 Å². The molecule has 0 aliphatic rings. The van der Waals surface area contributed by atoms with E-state index in [9.17, 15) is 18.0 Å². The summed E-state index contributed by atoms with van der Waals surface area (Å²) in [6.45, 7) is 3.75. The van der Waals surface area contributed by atoms with Gasteiger partial charge in [-0.3, -0.25) is 14.3 Å². The fourth-order valence-electron chi connectivity index (χ4n) is 2.76. The predicted molar refractivity (Wildman–Crippen MR) is 121 cm³/mol. The predicted octanol–water partition coefficient (Wildman–Crippen LogP) is 3.88. The SMILES string of the molecule is CC(C)NC(=O)c1ccc(NC(=O)c2ccc(S(=O)(=O)Nc3ccccc3)cc2)cc1. The van der Waals surface area contributed by atoms with Crippen LogP contribution in [0.25, 0.3) is 0 Å². The average Bonchev–Trinajstić information content (AvgIpc) is 2.74. The summed E-state index contributed by atoms with van der Waals surface area (Å²) < 4.78 is 27.5. The molecule has 3 aromatic rings. The molecule has 0 radical (unpaired) electrons. The molecule has 0 aromatic heterocycles. The standard InChI is InChI=1S/C23H23N3O4S/c1-16(2)24-22(27)17-8-12-19(13-9-17)25-23(28)18-10-14-21(15-11-18)31(29,30)26-20-6-4-3-5-7-20/h3-16,26H,1-2H3,(H,24,27)(H,25,28). The Hall–Kier alpha value is -3.65. The number of amides is 2. The van der Waals surface area contributed by atoms with Crippen LogP contribution >= 0.6 is 0 Å². The van der Waals surface area contributed by atoms with E-state index < -0.39 is 10.0 Å². The van der Waals surface area contributed by atoms with Crippen LogP contribution in [0.2, 0.25) is 0 Å². The van der Waals surface area contributed by atoms with Crippen LogP contribution in [0.15, 0.2) is 83.8 Å². The summed E-state index contributed by atoms with van der Waals surface area (Å²) in [5.41, 5.74) is 1.77. The summed E-state index contributed by atoms with van der Waals surface area (Å²) in [5.74, 6) is -0.576. The van der Waals surface area contributed by atoms with Crippen molar-refractivity contribution in [3.05, 3.63) is 90.0 Å². The minimum Gasteiger partial charge on any atom is -0.350 e. The van der Waals surface area contributed by atoms with Crippen molar-refractivity contribution in [3.8, 4) is 0 Å². The highest BCUT2D eigenvalue weighted by atomic mass is 32.2. The average molecular weight is 438 g/mol. The molecule has 0 heterocycles. The number of rotatable bonds is 7. The molecular weight excluding hydrogens is 414 g/mol. The Bertz CT molecular complexity index is 1160. The van der Waals surface area contributed by atoms with Gasteiger partial charge in [-0.25, -0.2) is 8.42 Å². The van der Waals surface area contributed by atoms with E-state index in [2.05, 4.69) is 15.4 Å². The molecule has 0 aliphatic heterocycles. The molecule has 0 spiro atoms. The minimum absolute atomic E-state index is 0.0292. The van der Waals surface area contributed by atoms with E-state index in [0.717, 1.165) is 0 Å². The van der Waals surface area contributed by atoms with Gasteiger partial charge in [0.25, 0.3) is 21.8 Å². The highest BCUT2D eigenvalue weighted by Gasteiger charge is 2.15. The van der Waals surface area contributed by atoms with Crippen molar-refractivity contribution in [2.45, 2.75) is 24.8 Å². The van der Waals surface area contributed by atoms with Gasteiger partial charge in [-0.15, -0.1) is 0 Å². The molecule has 31 heavy (non-hydrogen) atoms. The fraction of sp³-hybridized carbons (Fsp3) is 0.130. The van der Waals surface area contributed by atoms with Gasteiger partial charge in [-0.05, 0) is 74.5 Å². The third kappa shape index (κ3) is 5.93. The number of benzene rings is 3. The second-order valence-corrected chi connectivity index (χ2v) is 8.84. The van der Waals surface area contributed by atoms with E-state index in [1.54, 1.807) is 54.6 Å². The van der Waals surface area contributed by atoms with Gasteiger partial charge in [-0.1, -0.05) is 18.2 Å². The van der Waals surface area contributed by atoms with E-state index >= 15 is 0 Å². The van der Waals surface area contributed by atoms with Crippen LogP contribution in [0.3, 0.4) is 0 Å². The third-order valence-electron chi connectivity index (χ3n) is 4.28. The number of anilines is 2. The smallest absolute Gasteiger partial charge is 0.261 e. The highest BCUT2D eigenvalue weighted by Crippen LogP contribution is 2.17. The summed E-state index contributed by atoms with van der Waals surface area (Å²) >= 11 is 0. The van der Waals surface area contributed by atoms with Gasteiger partial charge >= 0.3 is 0 Å². The lowest BCUT2D eigenvalue weighted by Crippen LogP contribution is -2.30. The van der Waals surface area contributed by atoms with Gasteiger partial charge in [0.15, 0.2) is 0 Å². The van der Waals surface area contributed by atoms with Crippen molar-refractivity contribution < 1.29 is 18.0 Å². The summed E-state index contributed by atoms with van der Waals surface area (Å²) in [4.78, 5) is 24.5. The lowest BCUT2D eigenvalue weighted by Gasteiger charge is -2.10. The Morgan fingerprint density at radius 3 is 1.84 bits per heavy atom. The Morgan fingerprint density at radius 2 is 1.26 bits per heavy atom. The van der Waals surface area contributed by atoms with Crippen molar-refractivity contribution in [2.75, 3.05) is 10.0 Å². The molecule has 0 fully saturated rings. The molecule has 0 atom stereocenters. The summed E-state index contributed by atoms with van der Waals surface area (Å²) in [7, 11) is -3.76. The first-order valence-electron chi connectivity index (χ1n) is 9.65. The molecule has 0 aliphatic carbocycles. The van der Waals surface area contributed by atoms with E-state index in [1.807, 2.05) is 13.8 Å². The van der Waals surface area contributed by atoms with Crippen LogP contribution < -0.4 is 15.4 Å². The third-order valence-corrected chi connectivity index (χ3v) is 5.67. The monoisotopic (exact) mass is 437 g/mol. The molecular formula is C23H23N3O4S. The molecule has 3 rings (SSSR count). The van der Waals surface area contributed by atoms with Gasteiger partial charge in [0.1, 0.15) is 0 Å². The Balaban J connectivity index is 1.66. The number of carbonyl (C=O) groups excluding carboxylic acids is 2. The van der Waals surface area contributed by atoms with Crippen LogP contribution in [0, 0.1) is 0 Å². The number of hydrogen-bond donors (Lipinski definition) is 3. The second-order valence-electron chi connectivity index (χ2n) is 7.16. The van der Waals surface area contributed by atoms with Crippen LogP contribution in [0.5, 0.6) is 0 Å². The van der Waals surface area contributed by atoms with E-state index in [1.165, 1.54) is 24.3 Å². The highest BCUT2D eigenvalue weighted by molar-refractivity contribution is 7.92. The molecule has 2 amide bonds. The maximum atomic E-state index is 12.5. The normalized spacial score (nSPS) is 11.1. The van der Waals surface area contributed by atoms with E-state index in [4.69, 9.17) is 0 Å². The van der Waals surface area contributed by atoms with Crippen LogP contribution in [-0.4, -0.2) is 26.3 Å². The summed E-state index contributed by atoms with van der Waals surface area (Å²) in [6.07, 6.45) is 0. The van der Waals surface area contributed by atoms with Crippen LogP contribution in [-0.2, 0) is 10.0 Å². The van der Waals surface area contributed by atoms with Crippen molar-refractivity contribution in [3.63, 3.8) is 0 Å². The number of hydrogen-bond acceptors (Lipinski definition) is 4. The molecule has 3 N–H and O–H groups in total. The topological polar surface area (TPSA) is 104 Å². The maximum Gasteiger partial charge on any atom is 0.261 e. The van der Waals surface area contributed by atoms with Gasteiger partial charge in [0, 0.05) is 28.5 Å². The zero-order valence-corrected chi connectivity index (χ0v) is 17.9. The van der Waals surface area contributed by atoms with Crippen molar-refractivity contribution in [1.29, 1.82) is 0 Å². The Kier molecular flexibility index (Phi) is 6.71. The molecule has 3 aromatic carbocycles. The largest absolute Gasteiger partial charge is 0.350 e. The first-order chi connectivity index (χ1) is 14.7. The quantitative estimate of drug-likeness (QED) is 0.522.